The van der Waals surface area contributed by atoms with Gasteiger partial charge in [-0.3, -0.25) is 0 Å². The molecule has 0 N–H and O–H groups in total. The van der Waals surface area contributed by atoms with E-state index in [2.05, 4.69) is 37.5 Å². The van der Waals surface area contributed by atoms with Gasteiger partial charge in [-0.2, -0.15) is 0 Å². The predicted octanol–water partition coefficient (Wildman–Crippen LogP) is 3.80. The van der Waals surface area contributed by atoms with E-state index in [9.17, 15) is 0 Å². The first-order chi connectivity index (χ1) is 5.14. The largest absolute Gasteiger partial charge is 0.198 e. The molecule has 1 heterocycles. The molecule has 1 saturated heterocycles. The first kappa shape index (κ1) is 10.5. The van der Waals surface area contributed by atoms with Crippen LogP contribution in [-0.2, 0) is 0 Å². The summed E-state index contributed by atoms with van der Waals surface area (Å²) in [7, 11) is -0.283. The minimum atomic E-state index is -1.00. The van der Waals surface area contributed by atoms with Crippen molar-refractivity contribution in [3.63, 3.8) is 0 Å². The molecule has 0 nitrogen and oxygen atoms in total. The van der Waals surface area contributed by atoms with Crippen molar-refractivity contribution in [2.45, 2.75) is 43.6 Å². The molecule has 0 aromatic heterocycles. The molecule has 1 aliphatic rings. The summed E-state index contributed by atoms with van der Waals surface area (Å²) in [5.74, 6) is 0. The van der Waals surface area contributed by atoms with Crippen molar-refractivity contribution in [2.75, 3.05) is 0 Å². The minimum absolute atomic E-state index is 0.283. The maximum absolute atomic E-state index is 3.89. The lowest BCUT2D eigenvalue weighted by Crippen LogP contribution is -2.32. The minimum Gasteiger partial charge on any atom is -0.111 e. The fraction of sp³-hybridized carbons (Fsp3) is 1.00. The molecule has 11 heavy (non-hydrogen) atoms. The summed E-state index contributed by atoms with van der Waals surface area (Å²) in [5.41, 5.74) is 1.58. The molecular weight excluding hydrogens is 300 g/mol. The Morgan fingerprint density at radius 3 is 2.73 bits per heavy atom. The summed E-state index contributed by atoms with van der Waals surface area (Å²) in [6.45, 7) is 2.33. The zero-order valence-corrected chi connectivity index (χ0v) is 12.4. The van der Waals surface area contributed by atoms with Gasteiger partial charge in [-0.05, 0) is 11.7 Å². The third-order valence-electron chi connectivity index (χ3n) is 2.44. The Labute approximate surface area is 87.9 Å². The van der Waals surface area contributed by atoms with E-state index in [1.165, 1.54) is 18.9 Å². The lowest BCUT2D eigenvalue weighted by atomic mass is 10.6. The van der Waals surface area contributed by atoms with Crippen molar-refractivity contribution in [1.82, 2.24) is 0 Å². The summed E-state index contributed by atoms with van der Waals surface area (Å²) in [5, 5.41) is -1.00. The van der Waals surface area contributed by atoms with Gasteiger partial charge in [0.15, 0.2) is 5.31 Å². The highest BCUT2D eigenvalue weighted by molar-refractivity contribution is 9.51. The SMILES string of the molecule is CCC[SiH]1CCC[Si](Br)(Br)C1. The summed E-state index contributed by atoms with van der Waals surface area (Å²) in [6, 6.07) is 4.64. The summed E-state index contributed by atoms with van der Waals surface area (Å²) < 4.78 is 0. The van der Waals surface area contributed by atoms with E-state index < -0.39 is 5.31 Å². The van der Waals surface area contributed by atoms with Gasteiger partial charge in [0.2, 0.25) is 0 Å². The van der Waals surface area contributed by atoms with Crippen LogP contribution in [0.5, 0.6) is 0 Å². The molecule has 66 valence electrons. The monoisotopic (exact) mass is 314 g/mol. The second-order valence-corrected chi connectivity index (χ2v) is 22.6. The van der Waals surface area contributed by atoms with Gasteiger partial charge in [0.25, 0.3) is 0 Å². The van der Waals surface area contributed by atoms with Gasteiger partial charge in [0.05, 0.1) is 0 Å². The van der Waals surface area contributed by atoms with Gasteiger partial charge in [-0.1, -0.05) is 31.9 Å². The van der Waals surface area contributed by atoms with E-state index in [0.29, 0.717) is 0 Å². The Morgan fingerprint density at radius 2 is 2.18 bits per heavy atom. The number of hydrogen-bond donors (Lipinski definition) is 0. The first-order valence-corrected chi connectivity index (χ1v) is 13.9. The van der Waals surface area contributed by atoms with Crippen LogP contribution in [0.3, 0.4) is 0 Å². The van der Waals surface area contributed by atoms with Crippen LogP contribution in [-0.4, -0.2) is 14.1 Å². The summed E-state index contributed by atoms with van der Waals surface area (Å²) in [4.78, 5) is 0. The number of rotatable bonds is 2. The normalized spacial score (nSPS) is 30.3. The highest BCUT2D eigenvalue weighted by Gasteiger charge is 2.34. The van der Waals surface area contributed by atoms with Gasteiger partial charge in [-0.25, -0.2) is 0 Å². The van der Waals surface area contributed by atoms with Crippen molar-refractivity contribution in [3.8, 4) is 0 Å². The molecule has 1 atom stereocenters. The van der Waals surface area contributed by atoms with Gasteiger partial charge in [-0.15, -0.1) is 30.6 Å². The van der Waals surface area contributed by atoms with Crippen molar-refractivity contribution >= 4 is 44.7 Å². The van der Waals surface area contributed by atoms with E-state index in [0.717, 1.165) is 0 Å². The zero-order chi connectivity index (χ0) is 8.32. The lowest BCUT2D eigenvalue weighted by Gasteiger charge is -2.28. The fourth-order valence-electron chi connectivity index (χ4n) is 1.93. The fourth-order valence-corrected chi connectivity index (χ4v) is 20.7. The second kappa shape index (κ2) is 4.58. The van der Waals surface area contributed by atoms with Crippen LogP contribution >= 0.6 is 30.6 Å². The van der Waals surface area contributed by atoms with Crippen molar-refractivity contribution in [3.05, 3.63) is 0 Å². The smallest absolute Gasteiger partial charge is 0.111 e. The summed E-state index contributed by atoms with van der Waals surface area (Å²) in [6.07, 6.45) is 2.92. The standard InChI is InChI=1S/C7H16Br2Si2/c1-2-4-10-5-3-6-11(8,9)7-10/h10H,2-7H2,1H3. The van der Waals surface area contributed by atoms with E-state index >= 15 is 0 Å². The van der Waals surface area contributed by atoms with Gasteiger partial charge in [0.1, 0.15) is 0 Å². The molecular formula is C7H16Br2Si2. The molecule has 1 aliphatic heterocycles. The topological polar surface area (TPSA) is 0 Å². The molecule has 0 saturated carbocycles. The highest BCUT2D eigenvalue weighted by atomic mass is 79.9. The molecule has 0 spiro atoms. The van der Waals surface area contributed by atoms with Crippen LogP contribution in [0.1, 0.15) is 19.8 Å². The third kappa shape index (κ3) is 3.74. The Hall–Kier alpha value is 1.39. The molecule has 4 heteroatoms. The van der Waals surface area contributed by atoms with Crippen molar-refractivity contribution in [2.24, 2.45) is 0 Å². The molecule has 0 aliphatic carbocycles. The van der Waals surface area contributed by atoms with Crippen LogP contribution in [0, 0.1) is 0 Å². The quantitative estimate of drug-likeness (QED) is 0.537. The lowest BCUT2D eigenvalue weighted by molar-refractivity contribution is 0.976. The third-order valence-corrected chi connectivity index (χ3v) is 19.0. The van der Waals surface area contributed by atoms with E-state index in [1.54, 1.807) is 17.8 Å². The van der Waals surface area contributed by atoms with Crippen molar-refractivity contribution < 1.29 is 0 Å². The van der Waals surface area contributed by atoms with Crippen LogP contribution < -0.4 is 0 Å². The van der Waals surface area contributed by atoms with Gasteiger partial charge < -0.3 is 0 Å². The van der Waals surface area contributed by atoms with Crippen LogP contribution in [0.15, 0.2) is 0 Å². The molecule has 1 unspecified atom stereocenters. The van der Waals surface area contributed by atoms with Crippen LogP contribution in [0.2, 0.25) is 23.8 Å². The van der Waals surface area contributed by atoms with E-state index in [1.807, 2.05) is 0 Å². The van der Waals surface area contributed by atoms with Gasteiger partial charge in [0, 0.05) is 8.80 Å². The molecule has 0 aromatic carbocycles. The average molecular weight is 316 g/mol. The average Bonchev–Trinajstić information content (AvgIpc) is 1.85. The molecule has 1 fully saturated rings. The summed E-state index contributed by atoms with van der Waals surface area (Å²) >= 11 is 7.79. The molecule has 1 rings (SSSR count). The second-order valence-electron chi connectivity index (χ2n) is 3.61. The zero-order valence-electron chi connectivity index (χ0n) is 7.08. The predicted molar refractivity (Wildman–Crippen MR) is 64.9 cm³/mol. The van der Waals surface area contributed by atoms with Crippen LogP contribution in [0.4, 0.5) is 0 Å². The van der Waals surface area contributed by atoms with Crippen molar-refractivity contribution in [1.29, 1.82) is 0 Å². The van der Waals surface area contributed by atoms with Gasteiger partial charge >= 0.3 is 0 Å². The maximum Gasteiger partial charge on any atom is 0.198 e. The van der Waals surface area contributed by atoms with E-state index in [4.69, 9.17) is 0 Å². The van der Waals surface area contributed by atoms with Crippen LogP contribution in [0.25, 0.3) is 0 Å². The molecule has 0 aromatic rings. The Bertz CT molecular complexity index is 126. The molecule has 0 bridgehead atoms. The highest BCUT2D eigenvalue weighted by Crippen LogP contribution is 2.39. The molecule has 0 amide bonds. The Morgan fingerprint density at radius 1 is 1.45 bits per heavy atom. The first-order valence-electron chi connectivity index (χ1n) is 4.52. The molecule has 0 radical (unpaired) electrons. The number of halogens is 2. The Kier molecular flexibility index (Phi) is 4.36. The number of hydrogen-bond acceptors (Lipinski definition) is 0. The Balaban J connectivity index is 2.34. The maximum atomic E-state index is 3.89. The van der Waals surface area contributed by atoms with E-state index in [-0.39, 0.29) is 8.80 Å².